The average molecular weight is 215 g/mol. The number of aromatic nitrogens is 2. The fourth-order valence-electron chi connectivity index (χ4n) is 2.72. The van der Waals surface area contributed by atoms with E-state index in [4.69, 9.17) is 5.73 Å². The van der Waals surface area contributed by atoms with E-state index in [1.165, 1.54) is 24.8 Å². The summed E-state index contributed by atoms with van der Waals surface area (Å²) in [6, 6.07) is 6.35. The van der Waals surface area contributed by atoms with Gasteiger partial charge in [-0.1, -0.05) is 25.3 Å². The number of fused-ring (bicyclic) bond motifs is 1. The van der Waals surface area contributed by atoms with Gasteiger partial charge in [0.05, 0.1) is 17.4 Å². The molecule has 1 aliphatic carbocycles. The Kier molecular flexibility index (Phi) is 2.21. The van der Waals surface area contributed by atoms with Crippen LogP contribution in [0.2, 0.25) is 0 Å². The molecule has 1 aromatic carbocycles. The Morgan fingerprint density at radius 2 is 2.00 bits per heavy atom. The van der Waals surface area contributed by atoms with Gasteiger partial charge in [-0.2, -0.15) is 0 Å². The Hall–Kier alpha value is -1.35. The molecular weight excluding hydrogens is 198 g/mol. The average Bonchev–Trinajstić information content (AvgIpc) is 2.77. The minimum Gasteiger partial charge on any atom is -0.345 e. The maximum absolute atomic E-state index is 6.51. The van der Waals surface area contributed by atoms with Gasteiger partial charge in [-0.05, 0) is 30.5 Å². The molecule has 1 fully saturated rings. The quantitative estimate of drug-likeness (QED) is 0.768. The molecular formula is C13H17N3. The summed E-state index contributed by atoms with van der Waals surface area (Å²) in [5, 5.41) is 0. The Morgan fingerprint density at radius 1 is 1.19 bits per heavy atom. The summed E-state index contributed by atoms with van der Waals surface area (Å²) in [6.45, 7) is 0. The summed E-state index contributed by atoms with van der Waals surface area (Å²) in [5.74, 6) is 0. The van der Waals surface area contributed by atoms with E-state index in [-0.39, 0.29) is 5.54 Å². The van der Waals surface area contributed by atoms with Crippen LogP contribution in [0.15, 0.2) is 24.5 Å². The van der Waals surface area contributed by atoms with Gasteiger partial charge in [-0.3, -0.25) is 0 Å². The summed E-state index contributed by atoms with van der Waals surface area (Å²) in [4.78, 5) is 7.38. The molecule has 3 heteroatoms. The van der Waals surface area contributed by atoms with Crippen LogP contribution in [0.4, 0.5) is 0 Å². The molecule has 0 aliphatic heterocycles. The summed E-state index contributed by atoms with van der Waals surface area (Å²) >= 11 is 0. The highest BCUT2D eigenvalue weighted by molar-refractivity contribution is 5.75. The van der Waals surface area contributed by atoms with Crippen LogP contribution in [0.5, 0.6) is 0 Å². The van der Waals surface area contributed by atoms with E-state index in [9.17, 15) is 0 Å². The first kappa shape index (κ1) is 9.85. The SMILES string of the molecule is NC1(c2ccc3nc[nH]c3c2)CCCCC1. The molecule has 3 rings (SSSR count). The molecule has 0 spiro atoms. The summed E-state index contributed by atoms with van der Waals surface area (Å²) in [6.07, 6.45) is 7.76. The molecule has 3 nitrogen and oxygen atoms in total. The Bertz CT molecular complexity index is 495. The van der Waals surface area contributed by atoms with Crippen LogP contribution in [-0.2, 0) is 5.54 Å². The van der Waals surface area contributed by atoms with Crippen molar-refractivity contribution in [1.29, 1.82) is 0 Å². The lowest BCUT2D eigenvalue weighted by Gasteiger charge is -2.33. The number of hydrogen-bond donors (Lipinski definition) is 2. The number of benzene rings is 1. The molecule has 16 heavy (non-hydrogen) atoms. The monoisotopic (exact) mass is 215 g/mol. The van der Waals surface area contributed by atoms with Crippen molar-refractivity contribution in [3.63, 3.8) is 0 Å². The number of imidazole rings is 1. The van der Waals surface area contributed by atoms with Gasteiger partial charge < -0.3 is 10.7 Å². The van der Waals surface area contributed by atoms with Crippen LogP contribution < -0.4 is 5.73 Å². The zero-order chi connectivity index (χ0) is 11.0. The van der Waals surface area contributed by atoms with E-state index in [2.05, 4.69) is 28.2 Å². The fraction of sp³-hybridized carbons (Fsp3) is 0.462. The van der Waals surface area contributed by atoms with Gasteiger partial charge in [0.2, 0.25) is 0 Å². The molecule has 1 heterocycles. The molecule has 0 amide bonds. The van der Waals surface area contributed by atoms with E-state index in [1.54, 1.807) is 6.33 Å². The van der Waals surface area contributed by atoms with Crippen LogP contribution in [-0.4, -0.2) is 9.97 Å². The van der Waals surface area contributed by atoms with Crippen molar-refractivity contribution in [2.45, 2.75) is 37.6 Å². The second kappa shape index (κ2) is 3.59. The van der Waals surface area contributed by atoms with Crippen LogP contribution in [0.1, 0.15) is 37.7 Å². The minimum absolute atomic E-state index is 0.114. The molecule has 1 saturated carbocycles. The van der Waals surface area contributed by atoms with Crippen molar-refractivity contribution in [2.75, 3.05) is 0 Å². The van der Waals surface area contributed by atoms with Gasteiger partial charge in [0.1, 0.15) is 0 Å². The van der Waals surface area contributed by atoms with Crippen molar-refractivity contribution in [3.05, 3.63) is 30.1 Å². The number of H-pyrrole nitrogens is 1. The third-order valence-electron chi connectivity index (χ3n) is 3.74. The molecule has 84 valence electrons. The van der Waals surface area contributed by atoms with Crippen LogP contribution >= 0.6 is 0 Å². The summed E-state index contributed by atoms with van der Waals surface area (Å²) in [5.41, 5.74) is 9.75. The molecule has 2 aromatic rings. The third-order valence-corrected chi connectivity index (χ3v) is 3.74. The lowest BCUT2D eigenvalue weighted by atomic mass is 9.77. The van der Waals surface area contributed by atoms with E-state index in [0.29, 0.717) is 0 Å². The molecule has 3 N–H and O–H groups in total. The minimum atomic E-state index is -0.114. The zero-order valence-electron chi connectivity index (χ0n) is 9.37. The van der Waals surface area contributed by atoms with Crippen molar-refractivity contribution < 1.29 is 0 Å². The number of nitrogens with zero attached hydrogens (tertiary/aromatic N) is 1. The zero-order valence-corrected chi connectivity index (χ0v) is 9.37. The highest BCUT2D eigenvalue weighted by atomic mass is 14.9. The van der Waals surface area contributed by atoms with Gasteiger partial charge in [0.25, 0.3) is 0 Å². The highest BCUT2D eigenvalue weighted by Gasteiger charge is 2.29. The normalized spacial score (nSPS) is 20.1. The van der Waals surface area contributed by atoms with Crippen molar-refractivity contribution in [1.82, 2.24) is 9.97 Å². The predicted molar refractivity (Wildman–Crippen MR) is 65.0 cm³/mol. The first-order valence-electron chi connectivity index (χ1n) is 6.00. The number of nitrogens with two attached hydrogens (primary N) is 1. The molecule has 1 aliphatic rings. The van der Waals surface area contributed by atoms with Gasteiger partial charge in [-0.25, -0.2) is 4.98 Å². The number of nitrogens with one attached hydrogen (secondary N) is 1. The third kappa shape index (κ3) is 1.52. The predicted octanol–water partition coefficient (Wildman–Crippen LogP) is 2.68. The van der Waals surface area contributed by atoms with Crippen molar-refractivity contribution in [3.8, 4) is 0 Å². The van der Waals surface area contributed by atoms with Crippen LogP contribution in [0.3, 0.4) is 0 Å². The van der Waals surface area contributed by atoms with E-state index >= 15 is 0 Å². The largest absolute Gasteiger partial charge is 0.345 e. The van der Waals surface area contributed by atoms with Gasteiger partial charge >= 0.3 is 0 Å². The maximum Gasteiger partial charge on any atom is 0.0931 e. The highest BCUT2D eigenvalue weighted by Crippen LogP contribution is 2.35. The van der Waals surface area contributed by atoms with E-state index < -0.39 is 0 Å². The van der Waals surface area contributed by atoms with Gasteiger partial charge in [-0.15, -0.1) is 0 Å². The maximum atomic E-state index is 6.51. The van der Waals surface area contributed by atoms with Gasteiger partial charge in [0.15, 0.2) is 0 Å². The Labute approximate surface area is 95.1 Å². The molecule has 0 saturated heterocycles. The van der Waals surface area contributed by atoms with Gasteiger partial charge in [0, 0.05) is 5.54 Å². The van der Waals surface area contributed by atoms with Crippen LogP contribution in [0.25, 0.3) is 11.0 Å². The molecule has 0 unspecified atom stereocenters. The smallest absolute Gasteiger partial charge is 0.0931 e. The molecule has 1 aromatic heterocycles. The number of hydrogen-bond acceptors (Lipinski definition) is 2. The Balaban J connectivity index is 2.03. The fourth-order valence-corrected chi connectivity index (χ4v) is 2.72. The standard InChI is InChI=1S/C13H17N3/c14-13(6-2-1-3-7-13)10-4-5-11-12(8-10)16-9-15-11/h4-5,8-9H,1-3,6-7,14H2,(H,15,16). The molecule has 0 atom stereocenters. The lowest BCUT2D eigenvalue weighted by Crippen LogP contribution is -2.38. The summed E-state index contributed by atoms with van der Waals surface area (Å²) in [7, 11) is 0. The number of rotatable bonds is 1. The van der Waals surface area contributed by atoms with E-state index in [0.717, 1.165) is 23.9 Å². The lowest BCUT2D eigenvalue weighted by molar-refractivity contribution is 0.302. The van der Waals surface area contributed by atoms with E-state index in [1.807, 2.05) is 0 Å². The van der Waals surface area contributed by atoms with Crippen LogP contribution in [0, 0.1) is 0 Å². The Morgan fingerprint density at radius 3 is 2.81 bits per heavy atom. The number of aromatic amines is 1. The first-order valence-corrected chi connectivity index (χ1v) is 6.00. The second-order valence-electron chi connectivity index (χ2n) is 4.85. The molecule has 0 radical (unpaired) electrons. The van der Waals surface area contributed by atoms with Crippen molar-refractivity contribution >= 4 is 11.0 Å². The van der Waals surface area contributed by atoms with Crippen molar-refractivity contribution in [2.24, 2.45) is 5.73 Å². The second-order valence-corrected chi connectivity index (χ2v) is 4.85. The topological polar surface area (TPSA) is 54.7 Å². The summed E-state index contributed by atoms with van der Waals surface area (Å²) < 4.78 is 0. The first-order chi connectivity index (χ1) is 7.78. The molecule has 0 bridgehead atoms.